The average molecular weight is 354 g/mol. The van der Waals surface area contributed by atoms with Gasteiger partial charge in [0.2, 0.25) is 5.95 Å². The Morgan fingerprint density at radius 3 is 2.68 bits per heavy atom. The summed E-state index contributed by atoms with van der Waals surface area (Å²) in [6.07, 6.45) is -2.65. The number of aromatic nitrogens is 2. The lowest BCUT2D eigenvalue weighted by Crippen LogP contribution is -2.17. The Morgan fingerprint density at radius 2 is 2.00 bits per heavy atom. The highest BCUT2D eigenvalue weighted by Gasteiger charge is 2.31. The third kappa shape index (κ3) is 5.21. The Morgan fingerprint density at radius 1 is 1.20 bits per heavy atom. The van der Waals surface area contributed by atoms with E-state index in [-0.39, 0.29) is 12.4 Å². The molecule has 2 aromatic rings. The predicted octanol–water partition coefficient (Wildman–Crippen LogP) is 3.40. The van der Waals surface area contributed by atoms with Gasteiger partial charge in [0.15, 0.2) is 0 Å². The molecular weight excluding hydrogens is 337 g/mol. The molecule has 0 unspecified atom stereocenters. The molecule has 1 aliphatic carbocycles. The van der Waals surface area contributed by atoms with Crippen LogP contribution in [0.3, 0.4) is 0 Å². The molecule has 134 valence electrons. The summed E-state index contributed by atoms with van der Waals surface area (Å²) < 4.78 is 40.9. The molecule has 3 N–H and O–H groups in total. The summed E-state index contributed by atoms with van der Waals surface area (Å²) in [5, 5.41) is 14.8. The van der Waals surface area contributed by atoms with Crippen LogP contribution in [0.15, 0.2) is 30.3 Å². The number of nitrogens with zero attached hydrogens (tertiary/aromatic N) is 2. The molecule has 0 spiro atoms. The normalized spacial score (nSPS) is 14.2. The molecule has 0 bridgehead atoms. The van der Waals surface area contributed by atoms with E-state index in [2.05, 4.69) is 25.3 Å². The van der Waals surface area contributed by atoms with Crippen molar-refractivity contribution in [1.82, 2.24) is 9.97 Å². The first-order valence-corrected chi connectivity index (χ1v) is 7.79. The maximum Gasteiger partial charge on any atom is 0.573 e. The third-order valence-electron chi connectivity index (χ3n) is 3.48. The largest absolute Gasteiger partial charge is 0.573 e. The number of hydrogen-bond acceptors (Lipinski definition) is 6. The van der Waals surface area contributed by atoms with Crippen molar-refractivity contribution >= 4 is 17.5 Å². The lowest BCUT2D eigenvalue weighted by Gasteiger charge is -2.12. The van der Waals surface area contributed by atoms with Gasteiger partial charge >= 0.3 is 6.36 Å². The molecule has 1 aliphatic rings. The molecule has 3 rings (SSSR count). The maximum atomic E-state index is 12.3. The van der Waals surface area contributed by atoms with E-state index in [0.717, 1.165) is 18.5 Å². The number of benzene rings is 1. The van der Waals surface area contributed by atoms with Crippen LogP contribution in [0.4, 0.5) is 30.6 Å². The fourth-order valence-electron chi connectivity index (χ4n) is 2.28. The summed E-state index contributed by atoms with van der Waals surface area (Å²) in [6.45, 7) is 0.249. The number of halogens is 3. The zero-order chi connectivity index (χ0) is 17.9. The zero-order valence-corrected chi connectivity index (χ0v) is 13.2. The summed E-state index contributed by atoms with van der Waals surface area (Å²) in [7, 11) is 0. The van der Waals surface area contributed by atoms with Crippen LogP contribution in [0.5, 0.6) is 5.75 Å². The minimum absolute atomic E-state index is 0.0589. The highest BCUT2D eigenvalue weighted by molar-refractivity contribution is 5.59. The number of alkyl halides is 3. The molecule has 0 saturated heterocycles. The van der Waals surface area contributed by atoms with Gasteiger partial charge in [-0.25, -0.2) is 4.98 Å². The molecule has 0 amide bonds. The van der Waals surface area contributed by atoms with E-state index in [0.29, 0.717) is 29.9 Å². The van der Waals surface area contributed by atoms with Crippen LogP contribution in [0.2, 0.25) is 0 Å². The van der Waals surface area contributed by atoms with Crippen molar-refractivity contribution in [2.75, 3.05) is 23.8 Å². The standard InChI is InChI=1S/C16H17F3N4O2/c17-16(18,19)25-12-3-1-2-11(8-12)21-14-9-13(10-4-5-10)22-15(23-14)20-6-7-24/h1-3,8-10,24H,4-7H2,(H2,20,21,22,23). The van der Waals surface area contributed by atoms with E-state index >= 15 is 0 Å². The van der Waals surface area contributed by atoms with E-state index < -0.39 is 6.36 Å². The van der Waals surface area contributed by atoms with E-state index in [1.807, 2.05) is 0 Å². The summed E-state index contributed by atoms with van der Waals surface area (Å²) >= 11 is 0. The number of aliphatic hydroxyl groups is 1. The lowest BCUT2D eigenvalue weighted by molar-refractivity contribution is -0.274. The van der Waals surface area contributed by atoms with Crippen LogP contribution in [0, 0.1) is 0 Å². The second-order valence-corrected chi connectivity index (χ2v) is 5.63. The first kappa shape index (κ1) is 17.3. The highest BCUT2D eigenvalue weighted by Crippen LogP contribution is 2.40. The second kappa shape index (κ2) is 7.14. The van der Waals surface area contributed by atoms with Crippen LogP contribution < -0.4 is 15.4 Å². The SMILES string of the molecule is OCCNc1nc(Nc2cccc(OC(F)(F)F)c2)cc(C2CC2)n1. The number of ether oxygens (including phenoxy) is 1. The quantitative estimate of drug-likeness (QED) is 0.707. The average Bonchev–Trinajstić information content (AvgIpc) is 3.36. The van der Waals surface area contributed by atoms with E-state index in [1.54, 1.807) is 12.1 Å². The number of hydrogen-bond donors (Lipinski definition) is 3. The van der Waals surface area contributed by atoms with Gasteiger partial charge in [0.25, 0.3) is 0 Å². The van der Waals surface area contributed by atoms with Crippen molar-refractivity contribution in [3.8, 4) is 5.75 Å². The molecule has 0 aliphatic heterocycles. The van der Waals surface area contributed by atoms with Gasteiger partial charge in [-0.05, 0) is 25.0 Å². The van der Waals surface area contributed by atoms with Gasteiger partial charge in [-0.2, -0.15) is 4.98 Å². The van der Waals surface area contributed by atoms with Gasteiger partial charge in [0.1, 0.15) is 11.6 Å². The highest BCUT2D eigenvalue weighted by atomic mass is 19.4. The van der Waals surface area contributed by atoms with Crippen molar-refractivity contribution in [2.24, 2.45) is 0 Å². The summed E-state index contributed by atoms with van der Waals surface area (Å²) in [5.41, 5.74) is 1.27. The van der Waals surface area contributed by atoms with Gasteiger partial charge in [-0.1, -0.05) is 6.07 Å². The smallest absolute Gasteiger partial charge is 0.406 e. The number of anilines is 3. The third-order valence-corrected chi connectivity index (χ3v) is 3.48. The Labute approximate surface area is 142 Å². The second-order valence-electron chi connectivity index (χ2n) is 5.63. The minimum atomic E-state index is -4.74. The van der Waals surface area contributed by atoms with Crippen LogP contribution in [0.1, 0.15) is 24.5 Å². The topological polar surface area (TPSA) is 79.3 Å². The molecule has 0 atom stereocenters. The van der Waals surface area contributed by atoms with Gasteiger partial charge in [-0.15, -0.1) is 13.2 Å². The number of aliphatic hydroxyl groups excluding tert-OH is 1. The first-order valence-electron chi connectivity index (χ1n) is 7.79. The molecule has 0 radical (unpaired) electrons. The predicted molar refractivity (Wildman–Crippen MR) is 86.0 cm³/mol. The van der Waals surface area contributed by atoms with Gasteiger partial charge in [0, 0.05) is 30.3 Å². The van der Waals surface area contributed by atoms with E-state index in [1.165, 1.54) is 18.2 Å². The summed E-state index contributed by atoms with van der Waals surface area (Å²) in [5.74, 6) is 0.885. The molecular formula is C16H17F3N4O2. The Hall–Kier alpha value is -2.55. The van der Waals surface area contributed by atoms with E-state index in [4.69, 9.17) is 5.11 Å². The fourth-order valence-corrected chi connectivity index (χ4v) is 2.28. The Balaban J connectivity index is 1.79. The lowest BCUT2D eigenvalue weighted by atomic mass is 10.2. The molecule has 1 heterocycles. The van der Waals surface area contributed by atoms with Crippen molar-refractivity contribution in [1.29, 1.82) is 0 Å². The van der Waals surface area contributed by atoms with E-state index in [9.17, 15) is 13.2 Å². The number of rotatable bonds is 7. The Kier molecular flexibility index (Phi) is 4.93. The van der Waals surface area contributed by atoms with Crippen molar-refractivity contribution in [2.45, 2.75) is 25.1 Å². The van der Waals surface area contributed by atoms with Crippen LogP contribution in [-0.2, 0) is 0 Å². The molecule has 6 nitrogen and oxygen atoms in total. The van der Waals surface area contributed by atoms with Crippen molar-refractivity contribution < 1.29 is 23.0 Å². The summed E-state index contributed by atoms with van der Waals surface area (Å²) in [6, 6.07) is 7.31. The molecule has 1 saturated carbocycles. The first-order chi connectivity index (χ1) is 11.9. The van der Waals surface area contributed by atoms with Crippen molar-refractivity contribution in [3.05, 3.63) is 36.0 Å². The zero-order valence-electron chi connectivity index (χ0n) is 13.2. The van der Waals surface area contributed by atoms with Gasteiger partial charge in [-0.3, -0.25) is 0 Å². The minimum Gasteiger partial charge on any atom is -0.406 e. The van der Waals surface area contributed by atoms with Crippen LogP contribution in [-0.4, -0.2) is 34.6 Å². The van der Waals surface area contributed by atoms with Crippen molar-refractivity contribution in [3.63, 3.8) is 0 Å². The summed E-state index contributed by atoms with van der Waals surface area (Å²) in [4.78, 5) is 8.67. The molecule has 1 fully saturated rings. The maximum absolute atomic E-state index is 12.3. The molecule has 1 aromatic heterocycles. The molecule has 1 aromatic carbocycles. The van der Waals surface area contributed by atoms with Crippen LogP contribution >= 0.6 is 0 Å². The molecule has 25 heavy (non-hydrogen) atoms. The van der Waals surface area contributed by atoms with Crippen LogP contribution in [0.25, 0.3) is 0 Å². The van der Waals surface area contributed by atoms with Gasteiger partial charge in [0.05, 0.1) is 12.3 Å². The Bertz CT molecular complexity index is 736. The monoisotopic (exact) mass is 354 g/mol. The van der Waals surface area contributed by atoms with Gasteiger partial charge < -0.3 is 20.5 Å². The fraction of sp³-hybridized carbons (Fsp3) is 0.375. The number of nitrogens with one attached hydrogen (secondary N) is 2. The molecule has 9 heteroatoms.